The Morgan fingerprint density at radius 3 is 2.29 bits per heavy atom. The van der Waals surface area contributed by atoms with Crippen LogP contribution in [0.4, 0.5) is 10.1 Å². The molecule has 0 saturated carbocycles. The normalized spacial score (nSPS) is 12.3. The molecular weight excluding hydrogens is 333 g/mol. The minimum absolute atomic E-state index is 0.121. The highest BCUT2D eigenvalue weighted by Crippen LogP contribution is 2.25. The van der Waals surface area contributed by atoms with Crippen LogP contribution in [0.2, 0.25) is 0 Å². The third kappa shape index (κ3) is 4.46. The van der Waals surface area contributed by atoms with E-state index in [-0.39, 0.29) is 18.0 Å². The Labute approximate surface area is 133 Å². The van der Waals surface area contributed by atoms with Crippen LogP contribution in [0.3, 0.4) is 0 Å². The van der Waals surface area contributed by atoms with Crippen molar-refractivity contribution in [3.63, 3.8) is 0 Å². The van der Waals surface area contributed by atoms with E-state index in [4.69, 9.17) is 4.74 Å². The number of rotatable bonds is 5. The van der Waals surface area contributed by atoms with Gasteiger partial charge in [0.2, 0.25) is 0 Å². The molecule has 4 heteroatoms. The van der Waals surface area contributed by atoms with Gasteiger partial charge in [-0.2, -0.15) is 0 Å². The lowest BCUT2D eigenvalue weighted by atomic mass is 10.1. The SMILES string of the molecule is CC(C)Oc1ccc(C(C)Nc2ccc(F)c(Br)c2)cc1. The second-order valence-corrected chi connectivity index (χ2v) is 6.08. The highest BCUT2D eigenvalue weighted by Gasteiger charge is 2.07. The van der Waals surface area contributed by atoms with Crippen molar-refractivity contribution in [3.05, 3.63) is 58.3 Å². The van der Waals surface area contributed by atoms with Gasteiger partial charge < -0.3 is 10.1 Å². The van der Waals surface area contributed by atoms with Gasteiger partial charge in [-0.25, -0.2) is 4.39 Å². The van der Waals surface area contributed by atoms with Gasteiger partial charge in [-0.3, -0.25) is 0 Å². The minimum atomic E-state index is -0.261. The van der Waals surface area contributed by atoms with Gasteiger partial charge >= 0.3 is 0 Å². The molecule has 0 heterocycles. The molecule has 0 aromatic heterocycles. The standard InChI is InChI=1S/C17H19BrFNO/c1-11(2)21-15-7-4-13(5-8-15)12(3)20-14-6-9-17(19)16(18)10-14/h4-12,20H,1-3H3. The summed E-state index contributed by atoms with van der Waals surface area (Å²) in [7, 11) is 0. The topological polar surface area (TPSA) is 21.3 Å². The highest BCUT2D eigenvalue weighted by molar-refractivity contribution is 9.10. The molecule has 112 valence electrons. The Morgan fingerprint density at radius 1 is 1.05 bits per heavy atom. The average Bonchev–Trinajstić information content (AvgIpc) is 2.43. The fraction of sp³-hybridized carbons (Fsp3) is 0.294. The first-order chi connectivity index (χ1) is 9.95. The van der Waals surface area contributed by atoms with Crippen molar-refractivity contribution in [2.45, 2.75) is 32.9 Å². The number of ether oxygens (including phenoxy) is 1. The Bertz CT molecular complexity index is 598. The van der Waals surface area contributed by atoms with Gasteiger partial charge in [0, 0.05) is 11.7 Å². The zero-order valence-corrected chi connectivity index (χ0v) is 13.9. The molecule has 0 amide bonds. The number of halogens is 2. The number of nitrogens with one attached hydrogen (secondary N) is 1. The molecule has 0 aliphatic heterocycles. The molecule has 1 N–H and O–H groups in total. The average molecular weight is 352 g/mol. The molecule has 0 saturated heterocycles. The fourth-order valence-electron chi connectivity index (χ4n) is 2.03. The lowest BCUT2D eigenvalue weighted by Gasteiger charge is -2.17. The first kappa shape index (κ1) is 15.8. The van der Waals surface area contributed by atoms with Crippen LogP contribution in [0.5, 0.6) is 5.75 Å². The van der Waals surface area contributed by atoms with Gasteiger partial charge in [0.15, 0.2) is 0 Å². The smallest absolute Gasteiger partial charge is 0.137 e. The molecule has 0 spiro atoms. The zero-order chi connectivity index (χ0) is 15.4. The monoisotopic (exact) mass is 351 g/mol. The quantitative estimate of drug-likeness (QED) is 0.762. The van der Waals surface area contributed by atoms with E-state index < -0.39 is 0 Å². The summed E-state index contributed by atoms with van der Waals surface area (Å²) >= 11 is 3.19. The van der Waals surface area contributed by atoms with Gasteiger partial charge in [0.1, 0.15) is 11.6 Å². The molecule has 2 aromatic carbocycles. The lowest BCUT2D eigenvalue weighted by molar-refractivity contribution is 0.242. The summed E-state index contributed by atoms with van der Waals surface area (Å²) in [4.78, 5) is 0. The van der Waals surface area contributed by atoms with E-state index in [1.165, 1.54) is 6.07 Å². The van der Waals surface area contributed by atoms with Crippen molar-refractivity contribution in [1.82, 2.24) is 0 Å². The van der Waals surface area contributed by atoms with E-state index in [1.807, 2.05) is 38.1 Å². The first-order valence-corrected chi connectivity index (χ1v) is 7.73. The van der Waals surface area contributed by atoms with Gasteiger partial charge in [-0.05, 0) is 72.6 Å². The summed E-state index contributed by atoms with van der Waals surface area (Å²) in [5.74, 6) is 0.605. The largest absolute Gasteiger partial charge is 0.491 e. The fourth-order valence-corrected chi connectivity index (χ4v) is 2.41. The van der Waals surface area contributed by atoms with E-state index >= 15 is 0 Å². The second kappa shape index (κ2) is 6.94. The number of anilines is 1. The van der Waals surface area contributed by atoms with Crippen molar-refractivity contribution >= 4 is 21.6 Å². The predicted octanol–water partition coefficient (Wildman–Crippen LogP) is 5.55. The van der Waals surface area contributed by atoms with Crippen LogP contribution >= 0.6 is 15.9 Å². The van der Waals surface area contributed by atoms with Gasteiger partial charge in [0.25, 0.3) is 0 Å². The molecule has 1 atom stereocenters. The molecule has 0 fully saturated rings. The Morgan fingerprint density at radius 2 is 1.71 bits per heavy atom. The molecule has 2 nitrogen and oxygen atoms in total. The van der Waals surface area contributed by atoms with E-state index in [2.05, 4.69) is 28.2 Å². The second-order valence-electron chi connectivity index (χ2n) is 5.23. The molecule has 0 radical (unpaired) electrons. The Balaban J connectivity index is 2.05. The summed E-state index contributed by atoms with van der Waals surface area (Å²) in [6, 6.07) is 13.0. The molecule has 0 aliphatic carbocycles. The molecule has 0 bridgehead atoms. The first-order valence-electron chi connectivity index (χ1n) is 6.94. The van der Waals surface area contributed by atoms with Crippen LogP contribution in [-0.4, -0.2) is 6.10 Å². The maximum Gasteiger partial charge on any atom is 0.137 e. The van der Waals surface area contributed by atoms with E-state index in [1.54, 1.807) is 12.1 Å². The van der Waals surface area contributed by atoms with E-state index in [0.29, 0.717) is 4.47 Å². The summed E-state index contributed by atoms with van der Waals surface area (Å²) < 4.78 is 19.3. The van der Waals surface area contributed by atoms with Crippen LogP contribution < -0.4 is 10.1 Å². The van der Waals surface area contributed by atoms with Gasteiger partial charge in [0.05, 0.1) is 10.6 Å². The van der Waals surface area contributed by atoms with Crippen molar-refractivity contribution < 1.29 is 9.13 Å². The maximum absolute atomic E-state index is 13.2. The Hall–Kier alpha value is -1.55. The van der Waals surface area contributed by atoms with Crippen molar-refractivity contribution in [2.24, 2.45) is 0 Å². The molecule has 0 aliphatic rings. The van der Waals surface area contributed by atoms with Crippen LogP contribution in [-0.2, 0) is 0 Å². The summed E-state index contributed by atoms with van der Waals surface area (Å²) in [6.45, 7) is 6.07. The van der Waals surface area contributed by atoms with Crippen LogP contribution in [0, 0.1) is 5.82 Å². The molecule has 21 heavy (non-hydrogen) atoms. The lowest BCUT2D eigenvalue weighted by Crippen LogP contribution is -2.08. The molecule has 2 rings (SSSR count). The van der Waals surface area contributed by atoms with Crippen LogP contribution in [0.25, 0.3) is 0 Å². The number of benzene rings is 2. The van der Waals surface area contributed by atoms with Crippen molar-refractivity contribution in [1.29, 1.82) is 0 Å². The van der Waals surface area contributed by atoms with Crippen LogP contribution in [0.1, 0.15) is 32.4 Å². The third-order valence-electron chi connectivity index (χ3n) is 3.05. The van der Waals surface area contributed by atoms with E-state index in [9.17, 15) is 4.39 Å². The predicted molar refractivity (Wildman–Crippen MR) is 88.3 cm³/mol. The van der Waals surface area contributed by atoms with E-state index in [0.717, 1.165) is 17.0 Å². The number of hydrogen-bond acceptors (Lipinski definition) is 2. The van der Waals surface area contributed by atoms with Crippen LogP contribution in [0.15, 0.2) is 46.9 Å². The molecular formula is C17H19BrFNO. The summed E-state index contributed by atoms with van der Waals surface area (Å²) in [6.07, 6.45) is 0.169. The highest BCUT2D eigenvalue weighted by atomic mass is 79.9. The minimum Gasteiger partial charge on any atom is -0.491 e. The molecule has 2 aromatic rings. The maximum atomic E-state index is 13.2. The van der Waals surface area contributed by atoms with Crippen molar-refractivity contribution in [2.75, 3.05) is 5.32 Å². The third-order valence-corrected chi connectivity index (χ3v) is 3.66. The van der Waals surface area contributed by atoms with Gasteiger partial charge in [-0.15, -0.1) is 0 Å². The van der Waals surface area contributed by atoms with Gasteiger partial charge in [-0.1, -0.05) is 12.1 Å². The number of hydrogen-bond donors (Lipinski definition) is 1. The zero-order valence-electron chi connectivity index (χ0n) is 12.4. The van der Waals surface area contributed by atoms with Crippen molar-refractivity contribution in [3.8, 4) is 5.75 Å². The Kier molecular flexibility index (Phi) is 5.23. The summed E-state index contributed by atoms with van der Waals surface area (Å²) in [5.41, 5.74) is 2.02. The summed E-state index contributed by atoms with van der Waals surface area (Å²) in [5, 5.41) is 3.35. The molecule has 1 unspecified atom stereocenters.